The molecule has 0 aliphatic carbocycles. The Kier molecular flexibility index (Phi) is 4.97. The fraction of sp³-hybridized carbons (Fsp3) is 0.615. The van der Waals surface area contributed by atoms with Crippen LogP contribution in [0.3, 0.4) is 0 Å². The quantitative estimate of drug-likeness (QED) is 0.728. The van der Waals surface area contributed by atoms with E-state index in [0.717, 1.165) is 0 Å². The summed E-state index contributed by atoms with van der Waals surface area (Å²) in [5.41, 5.74) is 0. The van der Waals surface area contributed by atoms with Crippen LogP contribution >= 0.6 is 0 Å². The van der Waals surface area contributed by atoms with Crippen molar-refractivity contribution in [3.05, 3.63) is 18.1 Å². The Labute approximate surface area is 130 Å². The highest BCUT2D eigenvalue weighted by Gasteiger charge is 2.24. The molecule has 0 bridgehead atoms. The van der Waals surface area contributed by atoms with Crippen molar-refractivity contribution < 1.29 is 17.9 Å². The lowest BCUT2D eigenvalue weighted by Gasteiger charge is -2.34. The third-order valence-electron chi connectivity index (χ3n) is 3.40. The van der Waals surface area contributed by atoms with Crippen LogP contribution in [0.15, 0.2) is 12.3 Å². The van der Waals surface area contributed by atoms with E-state index >= 15 is 0 Å². The van der Waals surface area contributed by atoms with Crippen LogP contribution in [0.5, 0.6) is 0 Å². The predicted octanol–water partition coefficient (Wildman–Crippen LogP) is 0.182. The van der Waals surface area contributed by atoms with E-state index in [0.29, 0.717) is 37.8 Å². The molecule has 2 rings (SSSR count). The van der Waals surface area contributed by atoms with Crippen LogP contribution in [0, 0.1) is 0 Å². The van der Waals surface area contributed by atoms with Crippen LogP contribution in [0.4, 0.5) is 5.82 Å². The normalized spacial score (nSPS) is 18.0. The number of aromatic nitrogens is 2. The first-order valence-corrected chi connectivity index (χ1v) is 8.82. The lowest BCUT2D eigenvalue weighted by Crippen LogP contribution is -2.48. The summed E-state index contributed by atoms with van der Waals surface area (Å²) >= 11 is 0. The van der Waals surface area contributed by atoms with Gasteiger partial charge in [0.2, 0.25) is 10.0 Å². The first-order valence-electron chi connectivity index (χ1n) is 6.97. The van der Waals surface area contributed by atoms with Gasteiger partial charge in [0, 0.05) is 39.3 Å². The molecule has 0 spiro atoms. The number of carbonyl (C=O) groups is 1. The third kappa shape index (κ3) is 4.14. The smallest absolute Gasteiger partial charge is 0.303 e. The average Bonchev–Trinajstić information content (AvgIpc) is 2.46. The van der Waals surface area contributed by atoms with Gasteiger partial charge in [-0.25, -0.2) is 18.4 Å². The van der Waals surface area contributed by atoms with Gasteiger partial charge in [0.15, 0.2) is 11.9 Å². The second kappa shape index (κ2) is 6.57. The topological polar surface area (TPSA) is 92.7 Å². The van der Waals surface area contributed by atoms with Gasteiger partial charge in [-0.2, -0.15) is 4.31 Å². The maximum atomic E-state index is 11.5. The molecule has 8 nitrogen and oxygen atoms in total. The van der Waals surface area contributed by atoms with Gasteiger partial charge in [-0.05, 0) is 13.0 Å². The van der Waals surface area contributed by atoms with Gasteiger partial charge in [0.25, 0.3) is 0 Å². The molecule has 1 atom stereocenters. The Balaban J connectivity index is 2.06. The molecule has 1 saturated heterocycles. The fourth-order valence-corrected chi connectivity index (χ4v) is 3.11. The molecular formula is C13H20N4O4S. The zero-order chi connectivity index (χ0) is 16.3. The van der Waals surface area contributed by atoms with Crippen LogP contribution < -0.4 is 4.90 Å². The van der Waals surface area contributed by atoms with Crippen molar-refractivity contribution in [3.8, 4) is 0 Å². The van der Waals surface area contributed by atoms with E-state index in [1.54, 1.807) is 19.2 Å². The summed E-state index contributed by atoms with van der Waals surface area (Å²) in [5, 5.41) is 0. The summed E-state index contributed by atoms with van der Waals surface area (Å²) in [5.74, 6) is 0.749. The van der Waals surface area contributed by atoms with Gasteiger partial charge in [0.05, 0.1) is 6.26 Å². The molecule has 1 aliphatic heterocycles. The van der Waals surface area contributed by atoms with E-state index in [2.05, 4.69) is 9.97 Å². The lowest BCUT2D eigenvalue weighted by molar-refractivity contribution is -0.146. The van der Waals surface area contributed by atoms with E-state index in [1.165, 1.54) is 17.5 Å². The minimum atomic E-state index is -3.15. The van der Waals surface area contributed by atoms with Crippen LogP contribution in [0.2, 0.25) is 0 Å². The molecule has 0 amide bonds. The van der Waals surface area contributed by atoms with Crippen molar-refractivity contribution in [3.63, 3.8) is 0 Å². The molecule has 1 aliphatic rings. The Morgan fingerprint density at radius 3 is 2.50 bits per heavy atom. The van der Waals surface area contributed by atoms with E-state index in [9.17, 15) is 13.2 Å². The molecule has 1 aromatic heterocycles. The molecule has 0 saturated carbocycles. The highest BCUT2D eigenvalue weighted by molar-refractivity contribution is 7.88. The second-order valence-electron chi connectivity index (χ2n) is 5.17. The highest BCUT2D eigenvalue weighted by atomic mass is 32.2. The lowest BCUT2D eigenvalue weighted by atomic mass is 10.3. The summed E-state index contributed by atoms with van der Waals surface area (Å²) in [6, 6.07) is 1.76. The molecule has 22 heavy (non-hydrogen) atoms. The summed E-state index contributed by atoms with van der Waals surface area (Å²) < 4.78 is 29.5. The van der Waals surface area contributed by atoms with Gasteiger partial charge in [-0.1, -0.05) is 0 Å². The Morgan fingerprint density at radius 1 is 1.32 bits per heavy atom. The zero-order valence-corrected chi connectivity index (χ0v) is 13.7. The summed E-state index contributed by atoms with van der Waals surface area (Å²) in [6.45, 7) is 5.03. The van der Waals surface area contributed by atoms with Gasteiger partial charge in [-0.3, -0.25) is 4.79 Å². The molecule has 1 unspecified atom stereocenters. The Hall–Kier alpha value is -1.74. The average molecular weight is 328 g/mol. The molecular weight excluding hydrogens is 308 g/mol. The van der Waals surface area contributed by atoms with Crippen molar-refractivity contribution in [1.82, 2.24) is 14.3 Å². The van der Waals surface area contributed by atoms with E-state index < -0.39 is 16.1 Å². The first kappa shape index (κ1) is 16.6. The monoisotopic (exact) mass is 328 g/mol. The van der Waals surface area contributed by atoms with Crippen LogP contribution in [0.1, 0.15) is 25.8 Å². The number of rotatable bonds is 4. The van der Waals surface area contributed by atoms with Crippen molar-refractivity contribution >= 4 is 21.8 Å². The Morgan fingerprint density at radius 2 is 1.95 bits per heavy atom. The van der Waals surface area contributed by atoms with Crippen molar-refractivity contribution in [2.45, 2.75) is 20.0 Å². The number of sulfonamides is 1. The number of piperazine rings is 1. The minimum Gasteiger partial charge on any atom is -0.455 e. The molecule has 1 fully saturated rings. The van der Waals surface area contributed by atoms with Crippen molar-refractivity contribution in [1.29, 1.82) is 0 Å². The summed E-state index contributed by atoms with van der Waals surface area (Å²) in [4.78, 5) is 21.5. The summed E-state index contributed by atoms with van der Waals surface area (Å²) in [7, 11) is -3.15. The molecule has 0 aromatic carbocycles. The second-order valence-corrected chi connectivity index (χ2v) is 7.16. The SMILES string of the molecule is CC(=O)OC(C)c1nccc(N2CCN(S(C)(=O)=O)CC2)n1. The van der Waals surface area contributed by atoms with E-state index in [-0.39, 0.29) is 5.97 Å². The number of hydrogen-bond acceptors (Lipinski definition) is 7. The maximum absolute atomic E-state index is 11.5. The molecule has 122 valence electrons. The van der Waals surface area contributed by atoms with E-state index in [4.69, 9.17) is 4.74 Å². The van der Waals surface area contributed by atoms with Gasteiger partial charge in [0.1, 0.15) is 5.82 Å². The fourth-order valence-electron chi connectivity index (χ4n) is 2.29. The molecule has 1 aromatic rings. The number of esters is 1. The maximum Gasteiger partial charge on any atom is 0.303 e. The Bertz CT molecular complexity index is 641. The minimum absolute atomic E-state index is 0.386. The molecule has 9 heteroatoms. The standard InChI is InChI=1S/C13H20N4O4S/c1-10(21-11(2)18)13-14-5-4-12(15-13)16-6-8-17(9-7-16)22(3,19)20/h4-5,10H,6-9H2,1-3H3. The number of anilines is 1. The number of hydrogen-bond donors (Lipinski definition) is 0. The first-order chi connectivity index (χ1) is 10.3. The predicted molar refractivity (Wildman–Crippen MR) is 80.8 cm³/mol. The molecule has 0 N–H and O–H groups in total. The van der Waals surface area contributed by atoms with Crippen LogP contribution in [-0.2, 0) is 19.6 Å². The van der Waals surface area contributed by atoms with E-state index in [1.807, 2.05) is 4.90 Å². The molecule has 2 heterocycles. The largest absolute Gasteiger partial charge is 0.455 e. The van der Waals surface area contributed by atoms with Crippen LogP contribution in [0.25, 0.3) is 0 Å². The number of nitrogens with zero attached hydrogens (tertiary/aromatic N) is 4. The molecule has 0 radical (unpaired) electrons. The number of ether oxygens (including phenoxy) is 1. The highest BCUT2D eigenvalue weighted by Crippen LogP contribution is 2.18. The van der Waals surface area contributed by atoms with Gasteiger partial charge in [-0.15, -0.1) is 0 Å². The summed E-state index contributed by atoms with van der Waals surface area (Å²) in [6.07, 6.45) is 2.31. The van der Waals surface area contributed by atoms with Gasteiger partial charge < -0.3 is 9.64 Å². The van der Waals surface area contributed by atoms with Crippen molar-refractivity contribution in [2.75, 3.05) is 37.3 Å². The van der Waals surface area contributed by atoms with Crippen molar-refractivity contribution in [2.24, 2.45) is 0 Å². The number of carbonyl (C=O) groups excluding carboxylic acids is 1. The van der Waals surface area contributed by atoms with Gasteiger partial charge >= 0.3 is 5.97 Å². The third-order valence-corrected chi connectivity index (χ3v) is 4.70. The van der Waals surface area contributed by atoms with Crippen LogP contribution in [-0.4, -0.2) is 61.1 Å². The zero-order valence-electron chi connectivity index (χ0n) is 12.9.